The number of amides is 1. The fourth-order valence-electron chi connectivity index (χ4n) is 2.99. The van der Waals surface area contributed by atoms with E-state index in [1.54, 1.807) is 0 Å². The maximum absolute atomic E-state index is 11.8. The van der Waals surface area contributed by atoms with Gasteiger partial charge in [0.05, 0.1) is 5.54 Å². The van der Waals surface area contributed by atoms with E-state index < -0.39 is 5.54 Å². The summed E-state index contributed by atoms with van der Waals surface area (Å²) in [6.45, 7) is 8.57. The number of hydrogen-bond donors (Lipinski definition) is 2. The van der Waals surface area contributed by atoms with E-state index in [1.165, 1.54) is 0 Å². The van der Waals surface area contributed by atoms with E-state index in [9.17, 15) is 4.79 Å². The van der Waals surface area contributed by atoms with Crippen molar-refractivity contribution in [3.63, 3.8) is 0 Å². The zero-order valence-corrected chi connectivity index (χ0v) is 12.5. The lowest BCUT2D eigenvalue weighted by Crippen LogP contribution is -2.56. The van der Waals surface area contributed by atoms with Gasteiger partial charge in [0.2, 0.25) is 5.91 Å². The minimum atomic E-state index is -0.499. The van der Waals surface area contributed by atoms with E-state index >= 15 is 0 Å². The minimum Gasteiger partial charge on any atom is -0.368 e. The standard InChI is InChI=1S/C14H29N3O/c1-6-11(4)17(5)12-7-8-14(9-12,13(15)18)16-10(2)3/h10-12,16H,6-9H2,1-5H3,(H2,15,18). The lowest BCUT2D eigenvalue weighted by atomic mass is 9.95. The molecule has 1 saturated carbocycles. The summed E-state index contributed by atoms with van der Waals surface area (Å²) >= 11 is 0. The number of carbonyl (C=O) groups excluding carboxylic acids is 1. The first-order valence-corrected chi connectivity index (χ1v) is 7.12. The third kappa shape index (κ3) is 3.23. The van der Waals surface area contributed by atoms with Gasteiger partial charge in [-0.2, -0.15) is 0 Å². The molecule has 0 spiro atoms. The van der Waals surface area contributed by atoms with Gasteiger partial charge in [0.25, 0.3) is 0 Å². The van der Waals surface area contributed by atoms with Crippen LogP contribution >= 0.6 is 0 Å². The quantitative estimate of drug-likeness (QED) is 0.756. The van der Waals surface area contributed by atoms with Crippen molar-refractivity contribution in [3.8, 4) is 0 Å². The molecule has 3 unspecified atom stereocenters. The Hall–Kier alpha value is -0.610. The molecule has 106 valence electrons. The smallest absolute Gasteiger partial charge is 0.237 e. The summed E-state index contributed by atoms with van der Waals surface area (Å²) in [6, 6.07) is 1.29. The van der Waals surface area contributed by atoms with Gasteiger partial charge in [-0.15, -0.1) is 0 Å². The van der Waals surface area contributed by atoms with Crippen molar-refractivity contribution in [3.05, 3.63) is 0 Å². The van der Waals surface area contributed by atoms with E-state index in [2.05, 4.69) is 45.0 Å². The molecule has 3 N–H and O–H groups in total. The van der Waals surface area contributed by atoms with Crippen LogP contribution in [0.5, 0.6) is 0 Å². The van der Waals surface area contributed by atoms with Gasteiger partial charge in [0, 0.05) is 18.1 Å². The second-order valence-electron chi connectivity index (χ2n) is 6.06. The molecule has 4 heteroatoms. The second kappa shape index (κ2) is 6.02. The number of nitrogens with two attached hydrogens (primary N) is 1. The molecule has 1 fully saturated rings. The Labute approximate surface area is 111 Å². The van der Waals surface area contributed by atoms with Crippen LogP contribution in [0.1, 0.15) is 53.4 Å². The highest BCUT2D eigenvalue weighted by Crippen LogP contribution is 2.34. The predicted octanol–water partition coefficient (Wildman–Crippen LogP) is 1.49. The average Bonchev–Trinajstić information content (AvgIpc) is 2.71. The van der Waals surface area contributed by atoms with Gasteiger partial charge in [-0.3, -0.25) is 4.79 Å². The van der Waals surface area contributed by atoms with Crippen LogP contribution < -0.4 is 11.1 Å². The van der Waals surface area contributed by atoms with E-state index in [1.807, 2.05) is 0 Å². The van der Waals surface area contributed by atoms with Gasteiger partial charge in [-0.25, -0.2) is 0 Å². The first-order chi connectivity index (χ1) is 8.32. The van der Waals surface area contributed by atoms with Gasteiger partial charge < -0.3 is 16.0 Å². The molecule has 3 atom stereocenters. The summed E-state index contributed by atoms with van der Waals surface area (Å²) in [5.41, 5.74) is 5.13. The highest BCUT2D eigenvalue weighted by Gasteiger charge is 2.45. The van der Waals surface area contributed by atoms with Crippen LogP contribution in [0, 0.1) is 0 Å². The minimum absolute atomic E-state index is 0.198. The SMILES string of the molecule is CCC(C)N(C)C1CCC(NC(C)C)(C(N)=O)C1. The zero-order valence-electron chi connectivity index (χ0n) is 12.5. The molecule has 4 nitrogen and oxygen atoms in total. The van der Waals surface area contributed by atoms with Crippen LogP contribution in [0.25, 0.3) is 0 Å². The molecule has 0 radical (unpaired) electrons. The van der Waals surface area contributed by atoms with Crippen molar-refractivity contribution in [2.45, 2.75) is 77.0 Å². The second-order valence-corrected chi connectivity index (χ2v) is 6.06. The van der Waals surface area contributed by atoms with E-state index in [0.717, 1.165) is 25.7 Å². The first kappa shape index (κ1) is 15.4. The Bertz CT molecular complexity index is 293. The first-order valence-electron chi connectivity index (χ1n) is 7.12. The summed E-state index contributed by atoms with van der Waals surface area (Å²) < 4.78 is 0. The van der Waals surface area contributed by atoms with E-state index in [0.29, 0.717) is 12.1 Å². The zero-order chi connectivity index (χ0) is 13.9. The Balaban J connectivity index is 2.74. The number of carbonyl (C=O) groups is 1. The molecule has 1 rings (SSSR count). The highest BCUT2D eigenvalue weighted by molar-refractivity contribution is 5.85. The Kier molecular flexibility index (Phi) is 5.17. The number of hydrogen-bond acceptors (Lipinski definition) is 3. The average molecular weight is 255 g/mol. The van der Waals surface area contributed by atoms with Crippen molar-refractivity contribution in [2.75, 3.05) is 7.05 Å². The number of nitrogens with zero attached hydrogens (tertiary/aromatic N) is 1. The predicted molar refractivity (Wildman–Crippen MR) is 75.4 cm³/mol. The van der Waals surface area contributed by atoms with Crippen LogP contribution in [-0.2, 0) is 4.79 Å². The molecule has 0 heterocycles. The maximum atomic E-state index is 11.8. The molecule has 0 aromatic rings. The Morgan fingerprint density at radius 3 is 2.56 bits per heavy atom. The van der Waals surface area contributed by atoms with E-state index in [-0.39, 0.29) is 11.9 Å². The molecule has 18 heavy (non-hydrogen) atoms. The topological polar surface area (TPSA) is 58.4 Å². The van der Waals surface area contributed by atoms with Crippen molar-refractivity contribution >= 4 is 5.91 Å². The molecule has 0 aromatic heterocycles. The monoisotopic (exact) mass is 255 g/mol. The summed E-state index contributed by atoms with van der Waals surface area (Å²) in [5, 5.41) is 3.40. The van der Waals surface area contributed by atoms with Crippen molar-refractivity contribution in [2.24, 2.45) is 5.73 Å². The summed E-state index contributed by atoms with van der Waals surface area (Å²) in [6.07, 6.45) is 3.87. The third-order valence-electron chi connectivity index (χ3n) is 4.39. The molecule has 0 bridgehead atoms. The summed E-state index contributed by atoms with van der Waals surface area (Å²) in [5.74, 6) is -0.198. The van der Waals surface area contributed by atoms with Crippen molar-refractivity contribution in [1.29, 1.82) is 0 Å². The molecule has 1 aliphatic carbocycles. The third-order valence-corrected chi connectivity index (χ3v) is 4.39. The molecule has 1 aliphatic rings. The van der Waals surface area contributed by atoms with Crippen LogP contribution in [0.2, 0.25) is 0 Å². The van der Waals surface area contributed by atoms with Gasteiger partial charge in [0.1, 0.15) is 0 Å². The molecular weight excluding hydrogens is 226 g/mol. The largest absolute Gasteiger partial charge is 0.368 e. The molecule has 0 aromatic carbocycles. The van der Waals surface area contributed by atoms with Gasteiger partial charge >= 0.3 is 0 Å². The van der Waals surface area contributed by atoms with Gasteiger partial charge in [0.15, 0.2) is 0 Å². The fraction of sp³-hybridized carbons (Fsp3) is 0.929. The van der Waals surface area contributed by atoms with Crippen LogP contribution in [0.15, 0.2) is 0 Å². The summed E-state index contributed by atoms with van der Waals surface area (Å²) in [7, 11) is 2.16. The molecule has 1 amide bonds. The molecular formula is C14H29N3O. The lowest BCUT2D eigenvalue weighted by Gasteiger charge is -2.33. The fourth-order valence-corrected chi connectivity index (χ4v) is 2.99. The van der Waals surface area contributed by atoms with Crippen molar-refractivity contribution in [1.82, 2.24) is 10.2 Å². The molecule has 0 aliphatic heterocycles. The summed E-state index contributed by atoms with van der Waals surface area (Å²) in [4.78, 5) is 14.2. The van der Waals surface area contributed by atoms with E-state index in [4.69, 9.17) is 5.73 Å². The Morgan fingerprint density at radius 1 is 1.50 bits per heavy atom. The maximum Gasteiger partial charge on any atom is 0.237 e. The number of primary amides is 1. The number of nitrogens with one attached hydrogen (secondary N) is 1. The number of rotatable bonds is 6. The van der Waals surface area contributed by atoms with Gasteiger partial charge in [-0.1, -0.05) is 6.92 Å². The van der Waals surface area contributed by atoms with Crippen LogP contribution in [0.3, 0.4) is 0 Å². The Morgan fingerprint density at radius 2 is 2.11 bits per heavy atom. The normalized spacial score (nSPS) is 30.1. The lowest BCUT2D eigenvalue weighted by molar-refractivity contribution is -0.124. The van der Waals surface area contributed by atoms with Crippen molar-refractivity contribution < 1.29 is 4.79 Å². The highest BCUT2D eigenvalue weighted by atomic mass is 16.1. The van der Waals surface area contributed by atoms with Gasteiger partial charge in [-0.05, 0) is 53.5 Å². The van der Waals surface area contributed by atoms with Crippen LogP contribution in [0.4, 0.5) is 0 Å². The molecule has 0 saturated heterocycles. The van der Waals surface area contributed by atoms with Crippen LogP contribution in [-0.4, -0.2) is 41.5 Å².